The Balaban J connectivity index is 1.43. The molecule has 4 rings (SSSR count). The van der Waals surface area contributed by atoms with Crippen LogP contribution in [0.15, 0.2) is 30.3 Å². The number of nitrogens with zero attached hydrogens (tertiary/aromatic N) is 5. The van der Waals surface area contributed by atoms with E-state index in [1.165, 1.54) is 0 Å². The zero-order chi connectivity index (χ0) is 18.1. The van der Waals surface area contributed by atoms with Crippen LogP contribution in [-0.2, 0) is 24.2 Å². The third-order valence-electron chi connectivity index (χ3n) is 4.67. The van der Waals surface area contributed by atoms with Crippen LogP contribution >= 0.6 is 0 Å². The first-order valence-electron chi connectivity index (χ1n) is 8.94. The van der Waals surface area contributed by atoms with Crippen LogP contribution in [0.1, 0.15) is 35.6 Å². The standard InChI is InChI=1S/C19H22N6O/c1-13-11-14(2)25(23-13)16-8-6-15(7-9-16)12-18(26)20-19-22-21-17-5-3-4-10-24(17)19/h6-9,11H,3-5,10,12H2,1-2H3,(H,20,22,26). The molecule has 0 spiro atoms. The molecule has 1 amide bonds. The lowest BCUT2D eigenvalue weighted by Gasteiger charge is -2.14. The molecule has 0 unspecified atom stereocenters. The molecule has 1 aliphatic rings. The molecule has 0 bridgehead atoms. The number of rotatable bonds is 4. The monoisotopic (exact) mass is 350 g/mol. The third-order valence-corrected chi connectivity index (χ3v) is 4.67. The highest BCUT2D eigenvalue weighted by Crippen LogP contribution is 2.18. The number of anilines is 1. The van der Waals surface area contributed by atoms with Crippen LogP contribution in [0.2, 0.25) is 0 Å². The highest BCUT2D eigenvalue weighted by atomic mass is 16.1. The Morgan fingerprint density at radius 2 is 1.96 bits per heavy atom. The average Bonchev–Trinajstić information content (AvgIpc) is 3.18. The molecular weight excluding hydrogens is 328 g/mol. The second-order valence-corrected chi connectivity index (χ2v) is 6.78. The lowest BCUT2D eigenvalue weighted by molar-refractivity contribution is -0.115. The number of benzene rings is 1. The van der Waals surface area contributed by atoms with Crippen LogP contribution in [0.3, 0.4) is 0 Å². The van der Waals surface area contributed by atoms with Gasteiger partial charge >= 0.3 is 0 Å². The molecule has 7 heteroatoms. The number of amides is 1. The topological polar surface area (TPSA) is 77.6 Å². The summed E-state index contributed by atoms with van der Waals surface area (Å²) in [4.78, 5) is 12.4. The molecule has 7 nitrogen and oxygen atoms in total. The Bertz CT molecular complexity index is 938. The SMILES string of the molecule is Cc1cc(C)n(-c2ccc(CC(=O)Nc3nnc4n3CCCC4)cc2)n1. The van der Waals surface area contributed by atoms with Crippen molar-refractivity contribution in [2.75, 3.05) is 5.32 Å². The van der Waals surface area contributed by atoms with Crippen LogP contribution < -0.4 is 5.32 Å². The summed E-state index contributed by atoms with van der Waals surface area (Å²) in [6.07, 6.45) is 3.46. The van der Waals surface area contributed by atoms with E-state index in [0.29, 0.717) is 12.4 Å². The van der Waals surface area contributed by atoms with Gasteiger partial charge in [0.2, 0.25) is 11.9 Å². The van der Waals surface area contributed by atoms with E-state index >= 15 is 0 Å². The molecule has 1 aromatic carbocycles. The molecule has 0 radical (unpaired) electrons. The van der Waals surface area contributed by atoms with E-state index in [0.717, 1.165) is 54.3 Å². The summed E-state index contributed by atoms with van der Waals surface area (Å²) in [5.41, 5.74) is 4.02. The molecule has 134 valence electrons. The van der Waals surface area contributed by atoms with Crippen molar-refractivity contribution < 1.29 is 4.79 Å². The fourth-order valence-electron chi connectivity index (χ4n) is 3.40. The van der Waals surface area contributed by atoms with Gasteiger partial charge in [-0.1, -0.05) is 12.1 Å². The van der Waals surface area contributed by atoms with Gasteiger partial charge in [0.15, 0.2) is 0 Å². The van der Waals surface area contributed by atoms with E-state index in [9.17, 15) is 4.79 Å². The number of hydrogen-bond acceptors (Lipinski definition) is 4. The molecule has 1 N–H and O–H groups in total. The maximum Gasteiger partial charge on any atom is 0.231 e. The fraction of sp³-hybridized carbons (Fsp3) is 0.368. The molecule has 0 aliphatic carbocycles. The van der Waals surface area contributed by atoms with Crippen molar-refractivity contribution in [1.29, 1.82) is 0 Å². The van der Waals surface area contributed by atoms with E-state index in [-0.39, 0.29) is 5.91 Å². The number of aromatic nitrogens is 5. The van der Waals surface area contributed by atoms with Crippen molar-refractivity contribution >= 4 is 11.9 Å². The van der Waals surface area contributed by atoms with Gasteiger partial charge in [0.25, 0.3) is 0 Å². The number of aryl methyl sites for hydroxylation is 3. The summed E-state index contributed by atoms with van der Waals surface area (Å²) in [6, 6.07) is 9.94. The quantitative estimate of drug-likeness (QED) is 0.784. The maximum absolute atomic E-state index is 12.4. The number of carbonyl (C=O) groups excluding carboxylic acids is 1. The number of carbonyl (C=O) groups is 1. The first kappa shape index (κ1) is 16.5. The van der Waals surface area contributed by atoms with Crippen molar-refractivity contribution in [3.63, 3.8) is 0 Å². The molecule has 0 fully saturated rings. The smallest absolute Gasteiger partial charge is 0.231 e. The normalized spacial score (nSPS) is 13.5. The van der Waals surface area contributed by atoms with E-state index in [2.05, 4.69) is 20.6 Å². The molecule has 3 heterocycles. The van der Waals surface area contributed by atoms with Crippen molar-refractivity contribution in [2.45, 2.75) is 46.1 Å². The van der Waals surface area contributed by atoms with Crippen molar-refractivity contribution in [2.24, 2.45) is 0 Å². The maximum atomic E-state index is 12.4. The van der Waals surface area contributed by atoms with Gasteiger partial charge in [0.1, 0.15) is 5.82 Å². The van der Waals surface area contributed by atoms with Crippen molar-refractivity contribution in [3.8, 4) is 5.69 Å². The molecular formula is C19H22N6O. The van der Waals surface area contributed by atoms with E-state index < -0.39 is 0 Å². The van der Waals surface area contributed by atoms with E-state index in [4.69, 9.17) is 0 Å². The molecule has 0 atom stereocenters. The fourth-order valence-corrected chi connectivity index (χ4v) is 3.40. The Kier molecular flexibility index (Phi) is 4.28. The van der Waals surface area contributed by atoms with E-state index in [1.807, 2.05) is 53.4 Å². The van der Waals surface area contributed by atoms with Crippen LogP contribution in [0, 0.1) is 13.8 Å². The lowest BCUT2D eigenvalue weighted by atomic mass is 10.1. The first-order chi connectivity index (χ1) is 12.6. The van der Waals surface area contributed by atoms with Crippen LogP contribution in [0.5, 0.6) is 0 Å². The molecule has 3 aromatic rings. The Morgan fingerprint density at radius 3 is 2.69 bits per heavy atom. The summed E-state index contributed by atoms with van der Waals surface area (Å²) >= 11 is 0. The highest BCUT2D eigenvalue weighted by molar-refractivity contribution is 5.90. The number of nitrogens with one attached hydrogen (secondary N) is 1. The van der Waals surface area contributed by atoms with Gasteiger partial charge in [-0.05, 0) is 50.5 Å². The highest BCUT2D eigenvalue weighted by Gasteiger charge is 2.17. The summed E-state index contributed by atoms with van der Waals surface area (Å²) in [5, 5.41) is 15.6. The first-order valence-corrected chi connectivity index (χ1v) is 8.94. The van der Waals surface area contributed by atoms with Gasteiger partial charge in [0, 0.05) is 18.7 Å². The van der Waals surface area contributed by atoms with Crippen LogP contribution in [0.4, 0.5) is 5.95 Å². The van der Waals surface area contributed by atoms with Crippen molar-refractivity contribution in [1.82, 2.24) is 24.5 Å². The summed E-state index contributed by atoms with van der Waals surface area (Å²) in [7, 11) is 0. The largest absolute Gasteiger partial charge is 0.297 e. The Morgan fingerprint density at radius 1 is 1.15 bits per heavy atom. The van der Waals surface area contributed by atoms with Gasteiger partial charge in [-0.15, -0.1) is 10.2 Å². The minimum atomic E-state index is -0.0790. The molecule has 1 aliphatic heterocycles. The second-order valence-electron chi connectivity index (χ2n) is 6.78. The zero-order valence-corrected chi connectivity index (χ0v) is 15.1. The third kappa shape index (κ3) is 3.24. The molecule has 0 saturated carbocycles. The summed E-state index contributed by atoms with van der Waals surface area (Å²) in [5.74, 6) is 1.44. The Hall–Kier alpha value is -2.96. The zero-order valence-electron chi connectivity index (χ0n) is 15.1. The molecule has 2 aromatic heterocycles. The predicted octanol–water partition coefficient (Wildman–Crippen LogP) is 2.60. The van der Waals surface area contributed by atoms with Gasteiger partial charge in [-0.3, -0.25) is 14.7 Å². The van der Waals surface area contributed by atoms with Crippen LogP contribution in [-0.4, -0.2) is 30.5 Å². The van der Waals surface area contributed by atoms with Gasteiger partial charge in [0.05, 0.1) is 17.8 Å². The van der Waals surface area contributed by atoms with Gasteiger partial charge < -0.3 is 0 Å². The molecule has 26 heavy (non-hydrogen) atoms. The van der Waals surface area contributed by atoms with Crippen LogP contribution in [0.25, 0.3) is 5.69 Å². The van der Waals surface area contributed by atoms with E-state index in [1.54, 1.807) is 0 Å². The number of hydrogen-bond donors (Lipinski definition) is 1. The second kappa shape index (κ2) is 6.74. The lowest BCUT2D eigenvalue weighted by Crippen LogP contribution is -2.20. The number of fused-ring (bicyclic) bond motifs is 1. The predicted molar refractivity (Wildman–Crippen MR) is 98.3 cm³/mol. The Labute approximate surface area is 152 Å². The summed E-state index contributed by atoms with van der Waals surface area (Å²) in [6.45, 7) is 4.88. The van der Waals surface area contributed by atoms with Crippen molar-refractivity contribution in [3.05, 3.63) is 53.1 Å². The minimum absolute atomic E-state index is 0.0790. The molecule has 0 saturated heterocycles. The minimum Gasteiger partial charge on any atom is -0.297 e. The van der Waals surface area contributed by atoms with Gasteiger partial charge in [-0.25, -0.2) is 4.68 Å². The average molecular weight is 350 g/mol. The van der Waals surface area contributed by atoms with Gasteiger partial charge in [-0.2, -0.15) is 5.10 Å². The summed E-state index contributed by atoms with van der Waals surface area (Å²) < 4.78 is 3.91.